The van der Waals surface area contributed by atoms with Crippen LogP contribution in [0, 0.1) is 5.92 Å². The molecule has 5 nitrogen and oxygen atoms in total. The SMILES string of the molecule is CCCCCN(C)C(=O)NCC(C)CCC(=O)O. The van der Waals surface area contributed by atoms with Gasteiger partial charge in [0.1, 0.15) is 0 Å². The summed E-state index contributed by atoms with van der Waals surface area (Å²) in [7, 11) is 1.78. The number of rotatable bonds is 9. The Morgan fingerprint density at radius 1 is 1.33 bits per heavy atom. The van der Waals surface area contributed by atoms with Crippen LogP contribution in [-0.2, 0) is 4.79 Å². The van der Waals surface area contributed by atoms with Gasteiger partial charge in [-0.25, -0.2) is 4.79 Å². The summed E-state index contributed by atoms with van der Waals surface area (Å²) in [4.78, 5) is 23.8. The zero-order chi connectivity index (χ0) is 14.0. The molecule has 0 aliphatic carbocycles. The molecule has 0 bridgehead atoms. The molecule has 0 fully saturated rings. The Balaban J connectivity index is 3.70. The van der Waals surface area contributed by atoms with Gasteiger partial charge in [0.2, 0.25) is 0 Å². The largest absolute Gasteiger partial charge is 0.481 e. The van der Waals surface area contributed by atoms with E-state index in [1.165, 1.54) is 0 Å². The maximum absolute atomic E-state index is 11.7. The van der Waals surface area contributed by atoms with E-state index in [4.69, 9.17) is 5.11 Å². The summed E-state index contributed by atoms with van der Waals surface area (Å²) in [6, 6.07) is -0.0757. The van der Waals surface area contributed by atoms with Gasteiger partial charge in [-0.3, -0.25) is 4.79 Å². The Kier molecular flexibility index (Phi) is 9.06. The predicted octanol–water partition coefficient (Wildman–Crippen LogP) is 2.32. The number of carbonyl (C=O) groups is 2. The lowest BCUT2D eigenvalue weighted by Crippen LogP contribution is -2.39. The van der Waals surface area contributed by atoms with Crippen molar-refractivity contribution in [3.05, 3.63) is 0 Å². The molecule has 0 aromatic heterocycles. The van der Waals surface area contributed by atoms with E-state index in [1.807, 2.05) is 6.92 Å². The van der Waals surface area contributed by atoms with Gasteiger partial charge in [0.05, 0.1) is 0 Å². The summed E-state index contributed by atoms with van der Waals surface area (Å²) in [6.07, 6.45) is 4.04. The lowest BCUT2D eigenvalue weighted by molar-refractivity contribution is -0.137. The minimum Gasteiger partial charge on any atom is -0.481 e. The zero-order valence-corrected chi connectivity index (χ0v) is 11.7. The number of urea groups is 1. The number of hydrogen-bond donors (Lipinski definition) is 2. The number of aliphatic carboxylic acids is 1. The average molecular weight is 258 g/mol. The van der Waals surface area contributed by atoms with Crippen molar-refractivity contribution >= 4 is 12.0 Å². The van der Waals surface area contributed by atoms with Gasteiger partial charge in [-0.05, 0) is 18.8 Å². The van der Waals surface area contributed by atoms with E-state index >= 15 is 0 Å². The number of unbranched alkanes of at least 4 members (excludes halogenated alkanes) is 2. The number of carboxylic acids is 1. The number of hydrogen-bond acceptors (Lipinski definition) is 2. The van der Waals surface area contributed by atoms with Crippen LogP contribution < -0.4 is 5.32 Å². The Labute approximate surface area is 110 Å². The Bertz CT molecular complexity index is 257. The Morgan fingerprint density at radius 3 is 2.56 bits per heavy atom. The molecule has 0 aromatic rings. The molecule has 0 heterocycles. The van der Waals surface area contributed by atoms with E-state index in [-0.39, 0.29) is 18.4 Å². The van der Waals surface area contributed by atoms with Gasteiger partial charge in [0.15, 0.2) is 0 Å². The molecule has 0 spiro atoms. The molecule has 5 heteroatoms. The molecule has 1 unspecified atom stereocenters. The van der Waals surface area contributed by atoms with Gasteiger partial charge < -0.3 is 15.3 Å². The number of carbonyl (C=O) groups excluding carboxylic acids is 1. The minimum atomic E-state index is -0.787. The first-order chi connectivity index (χ1) is 8.47. The van der Waals surface area contributed by atoms with Crippen molar-refractivity contribution in [3.63, 3.8) is 0 Å². The van der Waals surface area contributed by atoms with Gasteiger partial charge in [-0.1, -0.05) is 26.7 Å². The molecule has 0 aliphatic heterocycles. The second-order valence-electron chi connectivity index (χ2n) is 4.85. The molecular formula is C13H26N2O3. The molecule has 1 atom stereocenters. The first kappa shape index (κ1) is 16.7. The molecule has 0 saturated heterocycles. The summed E-state index contributed by atoms with van der Waals surface area (Å²) in [5, 5.41) is 11.4. The first-order valence-electron chi connectivity index (χ1n) is 6.68. The average Bonchev–Trinajstić information content (AvgIpc) is 2.33. The molecule has 0 radical (unpaired) electrons. The maximum atomic E-state index is 11.7. The van der Waals surface area contributed by atoms with E-state index in [0.717, 1.165) is 25.8 Å². The zero-order valence-electron chi connectivity index (χ0n) is 11.7. The van der Waals surface area contributed by atoms with Crippen molar-refractivity contribution in [1.29, 1.82) is 0 Å². The third-order valence-corrected chi connectivity index (χ3v) is 2.90. The highest BCUT2D eigenvalue weighted by Gasteiger charge is 2.10. The normalized spacial score (nSPS) is 11.9. The lowest BCUT2D eigenvalue weighted by atomic mass is 10.1. The third-order valence-electron chi connectivity index (χ3n) is 2.90. The van der Waals surface area contributed by atoms with E-state index in [0.29, 0.717) is 13.0 Å². The third kappa shape index (κ3) is 8.84. The van der Waals surface area contributed by atoms with Crippen molar-refractivity contribution in [2.75, 3.05) is 20.1 Å². The van der Waals surface area contributed by atoms with Crippen LogP contribution in [0.3, 0.4) is 0 Å². The van der Waals surface area contributed by atoms with Crippen LogP contribution in [0.5, 0.6) is 0 Å². The standard InChI is InChI=1S/C13H26N2O3/c1-4-5-6-9-15(3)13(18)14-10-11(2)7-8-12(16)17/h11H,4-10H2,1-3H3,(H,14,18)(H,16,17). The van der Waals surface area contributed by atoms with Gasteiger partial charge in [0, 0.05) is 26.6 Å². The van der Waals surface area contributed by atoms with Crippen LogP contribution >= 0.6 is 0 Å². The minimum absolute atomic E-state index is 0.0757. The van der Waals surface area contributed by atoms with Crippen molar-refractivity contribution in [2.24, 2.45) is 5.92 Å². The smallest absolute Gasteiger partial charge is 0.317 e. The fourth-order valence-electron chi connectivity index (χ4n) is 1.57. The summed E-state index contributed by atoms with van der Waals surface area (Å²) in [5.41, 5.74) is 0. The second-order valence-corrected chi connectivity index (χ2v) is 4.85. The van der Waals surface area contributed by atoms with E-state index in [9.17, 15) is 9.59 Å². The van der Waals surface area contributed by atoms with Gasteiger partial charge >= 0.3 is 12.0 Å². The highest BCUT2D eigenvalue weighted by atomic mass is 16.4. The topological polar surface area (TPSA) is 69.6 Å². The fourth-order valence-corrected chi connectivity index (χ4v) is 1.57. The molecule has 18 heavy (non-hydrogen) atoms. The molecule has 0 aromatic carbocycles. The van der Waals surface area contributed by atoms with Crippen LogP contribution in [0.25, 0.3) is 0 Å². The van der Waals surface area contributed by atoms with E-state index in [2.05, 4.69) is 12.2 Å². The van der Waals surface area contributed by atoms with Crippen molar-refractivity contribution in [3.8, 4) is 0 Å². The van der Waals surface area contributed by atoms with Gasteiger partial charge in [-0.2, -0.15) is 0 Å². The Hall–Kier alpha value is -1.26. The van der Waals surface area contributed by atoms with E-state index in [1.54, 1.807) is 11.9 Å². The number of nitrogens with zero attached hydrogens (tertiary/aromatic N) is 1. The molecule has 0 saturated carbocycles. The van der Waals surface area contributed by atoms with Crippen LogP contribution in [0.4, 0.5) is 4.79 Å². The van der Waals surface area contributed by atoms with Crippen LogP contribution in [0.15, 0.2) is 0 Å². The van der Waals surface area contributed by atoms with Crippen LogP contribution in [-0.4, -0.2) is 42.1 Å². The van der Waals surface area contributed by atoms with E-state index < -0.39 is 5.97 Å². The summed E-state index contributed by atoms with van der Waals surface area (Å²) >= 11 is 0. The molecule has 106 valence electrons. The highest BCUT2D eigenvalue weighted by Crippen LogP contribution is 2.04. The maximum Gasteiger partial charge on any atom is 0.317 e. The summed E-state index contributed by atoms with van der Waals surface area (Å²) in [6.45, 7) is 5.37. The first-order valence-corrected chi connectivity index (χ1v) is 6.68. The number of nitrogens with one attached hydrogen (secondary N) is 1. The fraction of sp³-hybridized carbons (Fsp3) is 0.846. The molecule has 0 rings (SSSR count). The second kappa shape index (κ2) is 9.74. The Morgan fingerprint density at radius 2 is 2.00 bits per heavy atom. The summed E-state index contributed by atoms with van der Waals surface area (Å²) < 4.78 is 0. The number of carboxylic acid groups (broad SMARTS) is 1. The predicted molar refractivity (Wildman–Crippen MR) is 71.6 cm³/mol. The number of amides is 2. The van der Waals surface area contributed by atoms with Gasteiger partial charge in [-0.15, -0.1) is 0 Å². The van der Waals surface area contributed by atoms with Gasteiger partial charge in [0.25, 0.3) is 0 Å². The molecule has 2 amide bonds. The van der Waals surface area contributed by atoms with Crippen LogP contribution in [0.2, 0.25) is 0 Å². The van der Waals surface area contributed by atoms with Crippen molar-refractivity contribution in [2.45, 2.75) is 46.0 Å². The lowest BCUT2D eigenvalue weighted by Gasteiger charge is -2.19. The monoisotopic (exact) mass is 258 g/mol. The molecule has 2 N–H and O–H groups in total. The summed E-state index contributed by atoms with van der Waals surface area (Å²) in [5.74, 6) is -0.598. The molecule has 0 aliphatic rings. The van der Waals surface area contributed by atoms with Crippen molar-refractivity contribution in [1.82, 2.24) is 10.2 Å². The quantitative estimate of drug-likeness (QED) is 0.623. The van der Waals surface area contributed by atoms with Crippen LogP contribution in [0.1, 0.15) is 46.0 Å². The highest BCUT2D eigenvalue weighted by molar-refractivity contribution is 5.73. The molecular weight excluding hydrogens is 232 g/mol. The van der Waals surface area contributed by atoms with Crippen molar-refractivity contribution < 1.29 is 14.7 Å².